The molecule has 0 saturated heterocycles. The molecule has 1 aromatic carbocycles. The third kappa shape index (κ3) is 1.97. The Labute approximate surface area is 92.3 Å². The minimum atomic E-state index is 0.263. The van der Waals surface area contributed by atoms with Crippen LogP contribution in [-0.2, 0) is 0 Å². The van der Waals surface area contributed by atoms with Crippen LogP contribution in [0, 0.1) is 11.3 Å². The van der Waals surface area contributed by atoms with E-state index in [1.54, 1.807) is 11.8 Å². The summed E-state index contributed by atoms with van der Waals surface area (Å²) in [6, 6.07) is 8.23. The first kappa shape index (κ1) is 9.70. The largest absolute Gasteiger partial charge is 0.380 e. The quantitative estimate of drug-likeness (QED) is 0.796. The molecule has 0 amide bonds. The molecule has 1 aromatic rings. The topological polar surface area (TPSA) is 35.8 Å². The maximum Gasteiger partial charge on any atom is 0.0643 e. The number of fused-ring (bicyclic) bond motifs is 1. The van der Waals surface area contributed by atoms with Crippen molar-refractivity contribution < 1.29 is 0 Å². The summed E-state index contributed by atoms with van der Waals surface area (Å²) < 4.78 is 0. The van der Waals surface area contributed by atoms with Gasteiger partial charge in [-0.25, -0.2) is 0 Å². The minimum Gasteiger partial charge on any atom is -0.380 e. The first-order chi connectivity index (χ1) is 6.79. The number of thioether (sulfide) groups is 1. The molecule has 1 aliphatic rings. The van der Waals surface area contributed by atoms with E-state index >= 15 is 0 Å². The molecule has 1 atom stereocenters. The molecule has 0 saturated carbocycles. The molecule has 0 spiro atoms. The molecule has 0 radical (unpaired) electrons. The fraction of sp³-hybridized carbons (Fsp3) is 0.300. The monoisotopic (exact) mass is 224 g/mol. The fourth-order valence-corrected chi connectivity index (χ4v) is 2.72. The molecule has 1 unspecified atom stereocenters. The second-order valence-corrected chi connectivity index (χ2v) is 4.65. The summed E-state index contributed by atoms with van der Waals surface area (Å²) in [6.45, 7) is 0. The van der Waals surface area contributed by atoms with E-state index in [2.05, 4.69) is 11.4 Å². The summed E-state index contributed by atoms with van der Waals surface area (Å²) in [4.78, 5) is 1.17. The van der Waals surface area contributed by atoms with Crippen molar-refractivity contribution in [2.45, 2.75) is 17.4 Å². The Hall–Kier alpha value is -0.850. The van der Waals surface area contributed by atoms with Gasteiger partial charge >= 0.3 is 0 Å². The Morgan fingerprint density at radius 2 is 2.50 bits per heavy atom. The van der Waals surface area contributed by atoms with Crippen molar-refractivity contribution >= 4 is 29.1 Å². The zero-order chi connectivity index (χ0) is 9.97. The van der Waals surface area contributed by atoms with Crippen molar-refractivity contribution in [2.75, 3.05) is 11.1 Å². The maximum absolute atomic E-state index is 8.59. The number of halogens is 1. The zero-order valence-corrected chi connectivity index (χ0v) is 9.03. The number of nitriles is 1. The van der Waals surface area contributed by atoms with E-state index in [1.165, 1.54) is 4.90 Å². The van der Waals surface area contributed by atoms with Gasteiger partial charge in [-0.3, -0.25) is 0 Å². The minimum absolute atomic E-state index is 0.263. The molecular formula is C10H9ClN2S. The molecule has 0 fully saturated rings. The van der Waals surface area contributed by atoms with Crippen molar-refractivity contribution in [3.8, 4) is 6.07 Å². The van der Waals surface area contributed by atoms with Crippen LogP contribution in [0.5, 0.6) is 0 Å². The molecule has 72 valence electrons. The van der Waals surface area contributed by atoms with Gasteiger partial charge in [0.1, 0.15) is 0 Å². The summed E-state index contributed by atoms with van der Waals surface area (Å²) in [5.41, 5.74) is 1.09. The maximum atomic E-state index is 8.59. The Balaban J connectivity index is 2.20. The number of hydrogen-bond donors (Lipinski definition) is 1. The molecule has 1 heterocycles. The van der Waals surface area contributed by atoms with E-state index in [-0.39, 0.29) is 6.04 Å². The first-order valence-electron chi connectivity index (χ1n) is 4.35. The van der Waals surface area contributed by atoms with E-state index in [0.29, 0.717) is 6.42 Å². The van der Waals surface area contributed by atoms with Crippen molar-refractivity contribution in [1.82, 2.24) is 0 Å². The molecular weight excluding hydrogens is 216 g/mol. The smallest absolute Gasteiger partial charge is 0.0643 e. The van der Waals surface area contributed by atoms with E-state index < -0.39 is 0 Å². The first-order valence-corrected chi connectivity index (χ1v) is 5.72. The van der Waals surface area contributed by atoms with Crippen molar-refractivity contribution in [3.05, 3.63) is 23.2 Å². The molecule has 1 N–H and O–H groups in total. The number of anilines is 1. The predicted molar refractivity (Wildman–Crippen MR) is 59.8 cm³/mol. The van der Waals surface area contributed by atoms with E-state index in [9.17, 15) is 0 Å². The third-order valence-electron chi connectivity index (χ3n) is 2.08. The van der Waals surface area contributed by atoms with Gasteiger partial charge in [0.15, 0.2) is 0 Å². The Morgan fingerprint density at radius 3 is 3.29 bits per heavy atom. The average Bonchev–Trinajstić information content (AvgIpc) is 2.19. The van der Waals surface area contributed by atoms with Crippen molar-refractivity contribution in [2.24, 2.45) is 0 Å². The molecule has 4 heteroatoms. The lowest BCUT2D eigenvalue weighted by molar-refractivity contribution is 0.820. The van der Waals surface area contributed by atoms with Gasteiger partial charge in [0.2, 0.25) is 0 Å². The Kier molecular flexibility index (Phi) is 2.85. The molecule has 2 rings (SSSR count). The van der Waals surface area contributed by atoms with Crippen LogP contribution in [-0.4, -0.2) is 11.8 Å². The van der Waals surface area contributed by atoms with Gasteiger partial charge in [0.25, 0.3) is 0 Å². The van der Waals surface area contributed by atoms with Gasteiger partial charge in [0, 0.05) is 27.4 Å². The molecule has 0 aliphatic carbocycles. The van der Waals surface area contributed by atoms with Gasteiger partial charge in [-0.2, -0.15) is 5.26 Å². The molecule has 14 heavy (non-hydrogen) atoms. The summed E-state index contributed by atoms with van der Waals surface area (Å²) >= 11 is 7.63. The lowest BCUT2D eigenvalue weighted by atomic mass is 10.2. The number of rotatable bonds is 1. The number of nitrogens with zero attached hydrogens (tertiary/aromatic N) is 1. The van der Waals surface area contributed by atoms with Crippen LogP contribution in [0.4, 0.5) is 5.69 Å². The van der Waals surface area contributed by atoms with Crippen molar-refractivity contribution in [1.29, 1.82) is 5.26 Å². The molecule has 0 bridgehead atoms. The van der Waals surface area contributed by atoms with E-state index in [0.717, 1.165) is 16.5 Å². The van der Waals surface area contributed by atoms with Gasteiger partial charge < -0.3 is 5.32 Å². The average molecular weight is 225 g/mol. The second-order valence-electron chi connectivity index (χ2n) is 3.15. The van der Waals surface area contributed by atoms with E-state index in [4.69, 9.17) is 16.9 Å². The highest BCUT2D eigenvalue weighted by molar-refractivity contribution is 7.99. The Bertz CT molecular complexity index is 386. The normalized spacial score (nSPS) is 19.3. The van der Waals surface area contributed by atoms with Crippen molar-refractivity contribution in [3.63, 3.8) is 0 Å². The highest BCUT2D eigenvalue weighted by Crippen LogP contribution is 2.35. The van der Waals surface area contributed by atoms with Gasteiger partial charge in [-0.15, -0.1) is 11.8 Å². The van der Waals surface area contributed by atoms with Crippen LogP contribution < -0.4 is 5.32 Å². The lowest BCUT2D eigenvalue weighted by Gasteiger charge is -2.24. The van der Waals surface area contributed by atoms with Gasteiger partial charge in [-0.1, -0.05) is 11.6 Å². The second kappa shape index (κ2) is 4.12. The third-order valence-corrected chi connectivity index (χ3v) is 3.53. The summed E-state index contributed by atoms with van der Waals surface area (Å²) in [5.74, 6) is 0.931. The summed E-state index contributed by atoms with van der Waals surface area (Å²) in [5, 5.41) is 12.7. The van der Waals surface area contributed by atoms with Crippen LogP contribution in [0.25, 0.3) is 0 Å². The summed E-state index contributed by atoms with van der Waals surface area (Å²) in [7, 11) is 0. The van der Waals surface area contributed by atoms with Crippen LogP contribution in [0.3, 0.4) is 0 Å². The lowest BCUT2D eigenvalue weighted by Crippen LogP contribution is -2.25. The number of hydrogen-bond acceptors (Lipinski definition) is 3. The van der Waals surface area contributed by atoms with Crippen LogP contribution in [0.1, 0.15) is 6.42 Å². The fourth-order valence-electron chi connectivity index (χ4n) is 1.41. The van der Waals surface area contributed by atoms with Crippen LogP contribution >= 0.6 is 23.4 Å². The van der Waals surface area contributed by atoms with Crippen LogP contribution in [0.15, 0.2) is 23.1 Å². The molecule has 1 aliphatic heterocycles. The highest BCUT2D eigenvalue weighted by atomic mass is 35.5. The van der Waals surface area contributed by atoms with Crippen LogP contribution in [0.2, 0.25) is 5.02 Å². The summed E-state index contributed by atoms with van der Waals surface area (Å²) in [6.07, 6.45) is 0.551. The number of nitrogens with one attached hydrogen (secondary N) is 1. The van der Waals surface area contributed by atoms with Gasteiger partial charge in [-0.05, 0) is 18.2 Å². The van der Waals surface area contributed by atoms with Gasteiger partial charge in [0.05, 0.1) is 12.5 Å². The standard InChI is InChI=1S/C10H9ClN2S/c11-7-1-2-9-10(5-7)14-6-8(13-9)3-4-12/h1-2,5,8,13H,3,6H2. The van der Waals surface area contributed by atoms with E-state index in [1.807, 2.05) is 18.2 Å². The SMILES string of the molecule is N#CCC1CSc2cc(Cl)ccc2N1. The zero-order valence-electron chi connectivity index (χ0n) is 7.46. The molecule has 0 aromatic heterocycles. The molecule has 2 nitrogen and oxygen atoms in total. The Morgan fingerprint density at radius 1 is 1.64 bits per heavy atom. The highest BCUT2D eigenvalue weighted by Gasteiger charge is 2.17. The predicted octanol–water partition coefficient (Wildman–Crippen LogP) is 3.14. The number of benzene rings is 1.